The summed E-state index contributed by atoms with van der Waals surface area (Å²) in [5.41, 5.74) is -0.242. The molecular weight excluding hydrogens is 305 g/mol. The summed E-state index contributed by atoms with van der Waals surface area (Å²) in [5.74, 6) is 0.0233. The van der Waals surface area contributed by atoms with Crippen molar-refractivity contribution < 1.29 is 18.7 Å². The minimum Gasteiger partial charge on any atom is -0.452 e. The second-order valence-corrected chi connectivity index (χ2v) is 4.10. The van der Waals surface area contributed by atoms with Crippen LogP contribution >= 0.6 is 15.9 Å². The van der Waals surface area contributed by atoms with Crippen LogP contribution in [-0.2, 0) is 9.53 Å². The van der Waals surface area contributed by atoms with E-state index in [0.29, 0.717) is 4.47 Å². The fraction of sp³-hybridized carbons (Fsp3) is 0.167. The molecule has 0 saturated carbocycles. The van der Waals surface area contributed by atoms with E-state index in [4.69, 9.17) is 6.42 Å². The van der Waals surface area contributed by atoms with Gasteiger partial charge in [-0.15, -0.1) is 6.42 Å². The van der Waals surface area contributed by atoms with Crippen molar-refractivity contribution in [1.82, 2.24) is 5.32 Å². The third kappa shape index (κ3) is 4.18. The first kappa shape index (κ1) is 14.2. The van der Waals surface area contributed by atoms with Crippen molar-refractivity contribution in [3.8, 4) is 12.3 Å². The topological polar surface area (TPSA) is 55.4 Å². The lowest BCUT2D eigenvalue weighted by molar-refractivity contribution is -0.123. The second kappa shape index (κ2) is 6.77. The highest BCUT2D eigenvalue weighted by atomic mass is 79.9. The molecule has 0 heterocycles. The molecule has 1 amide bonds. The van der Waals surface area contributed by atoms with Crippen LogP contribution in [0.15, 0.2) is 22.7 Å². The van der Waals surface area contributed by atoms with E-state index in [9.17, 15) is 14.0 Å². The van der Waals surface area contributed by atoms with E-state index in [-0.39, 0.29) is 12.1 Å². The van der Waals surface area contributed by atoms with Crippen molar-refractivity contribution in [2.24, 2.45) is 0 Å². The quantitative estimate of drug-likeness (QED) is 0.677. The Morgan fingerprint density at radius 3 is 2.89 bits per heavy atom. The maximum atomic E-state index is 13.3. The lowest BCUT2D eigenvalue weighted by Gasteiger charge is -2.05. The van der Waals surface area contributed by atoms with Gasteiger partial charge < -0.3 is 10.1 Å². The molecule has 1 aromatic rings. The van der Waals surface area contributed by atoms with Gasteiger partial charge in [-0.05, 0) is 18.2 Å². The second-order valence-electron chi connectivity index (χ2n) is 3.18. The number of terminal acetylenes is 1. The third-order valence-electron chi connectivity index (χ3n) is 1.87. The van der Waals surface area contributed by atoms with Gasteiger partial charge in [-0.2, -0.15) is 0 Å². The first-order valence-electron chi connectivity index (χ1n) is 4.87. The van der Waals surface area contributed by atoms with Crippen LogP contribution in [0.2, 0.25) is 0 Å². The number of carbonyl (C=O) groups excluding carboxylic acids is 2. The molecule has 0 unspecified atom stereocenters. The fourth-order valence-corrected chi connectivity index (χ4v) is 1.42. The van der Waals surface area contributed by atoms with E-state index in [1.54, 1.807) is 0 Å². The SMILES string of the molecule is C#CCNC(=O)COC(=O)c1cc(Br)ccc1F. The molecule has 1 N–H and O–H groups in total. The van der Waals surface area contributed by atoms with E-state index in [0.717, 1.165) is 6.07 Å². The molecule has 0 saturated heterocycles. The van der Waals surface area contributed by atoms with E-state index >= 15 is 0 Å². The number of amides is 1. The Labute approximate surface area is 112 Å². The van der Waals surface area contributed by atoms with Crippen LogP contribution in [0, 0.1) is 18.2 Å². The predicted molar refractivity (Wildman–Crippen MR) is 66.2 cm³/mol. The molecule has 1 aromatic carbocycles. The highest BCUT2D eigenvalue weighted by Crippen LogP contribution is 2.16. The van der Waals surface area contributed by atoms with Gasteiger partial charge >= 0.3 is 5.97 Å². The van der Waals surface area contributed by atoms with Gasteiger partial charge in [0.2, 0.25) is 0 Å². The Hall–Kier alpha value is -1.87. The van der Waals surface area contributed by atoms with Crippen LogP contribution in [-0.4, -0.2) is 25.0 Å². The van der Waals surface area contributed by atoms with Crippen LogP contribution < -0.4 is 5.32 Å². The van der Waals surface area contributed by atoms with Crippen molar-refractivity contribution in [2.45, 2.75) is 0 Å². The number of ether oxygens (including phenoxy) is 1. The molecule has 0 aromatic heterocycles. The van der Waals surface area contributed by atoms with Crippen molar-refractivity contribution in [3.63, 3.8) is 0 Å². The minimum absolute atomic E-state index is 0.0433. The zero-order valence-corrected chi connectivity index (χ0v) is 10.8. The average molecular weight is 314 g/mol. The molecule has 0 aliphatic heterocycles. The standard InChI is InChI=1S/C12H9BrFNO3/c1-2-5-15-11(16)7-18-12(17)9-6-8(13)3-4-10(9)14/h1,3-4,6H,5,7H2,(H,15,16). The van der Waals surface area contributed by atoms with E-state index < -0.39 is 24.3 Å². The number of nitrogens with one attached hydrogen (secondary N) is 1. The minimum atomic E-state index is -0.912. The molecule has 0 bridgehead atoms. The summed E-state index contributed by atoms with van der Waals surface area (Å²) in [4.78, 5) is 22.6. The van der Waals surface area contributed by atoms with Crippen LogP contribution in [0.1, 0.15) is 10.4 Å². The van der Waals surface area contributed by atoms with Gasteiger partial charge in [0.1, 0.15) is 5.82 Å². The number of halogens is 2. The van der Waals surface area contributed by atoms with Crippen molar-refractivity contribution in [1.29, 1.82) is 0 Å². The zero-order valence-electron chi connectivity index (χ0n) is 9.20. The third-order valence-corrected chi connectivity index (χ3v) is 2.36. The maximum absolute atomic E-state index is 13.3. The highest BCUT2D eigenvalue weighted by molar-refractivity contribution is 9.10. The molecule has 1 rings (SSSR count). The summed E-state index contributed by atoms with van der Waals surface area (Å²) in [6, 6.07) is 3.85. The fourth-order valence-electron chi connectivity index (χ4n) is 1.06. The number of hydrogen-bond acceptors (Lipinski definition) is 3. The van der Waals surface area contributed by atoms with Gasteiger partial charge in [-0.25, -0.2) is 9.18 Å². The molecule has 0 fully saturated rings. The van der Waals surface area contributed by atoms with Gasteiger partial charge in [0, 0.05) is 4.47 Å². The molecule has 0 aliphatic rings. The Kier molecular flexibility index (Phi) is 5.33. The van der Waals surface area contributed by atoms with E-state index in [1.807, 2.05) is 0 Å². The van der Waals surface area contributed by atoms with Gasteiger partial charge in [0.15, 0.2) is 6.61 Å². The Balaban J connectivity index is 2.58. The molecule has 0 aliphatic carbocycles. The number of rotatable bonds is 4. The smallest absolute Gasteiger partial charge is 0.341 e. The van der Waals surface area contributed by atoms with Gasteiger partial charge in [0.25, 0.3) is 5.91 Å². The zero-order chi connectivity index (χ0) is 13.5. The summed E-state index contributed by atoms with van der Waals surface area (Å²) in [7, 11) is 0. The van der Waals surface area contributed by atoms with Crippen molar-refractivity contribution in [3.05, 3.63) is 34.1 Å². The number of hydrogen-bond donors (Lipinski definition) is 1. The summed E-state index contributed by atoms with van der Waals surface area (Å²) >= 11 is 3.10. The summed E-state index contributed by atoms with van der Waals surface area (Å²) in [6.07, 6.45) is 4.93. The van der Waals surface area contributed by atoms with Crippen molar-refractivity contribution in [2.75, 3.05) is 13.2 Å². The molecule has 6 heteroatoms. The lowest BCUT2D eigenvalue weighted by atomic mass is 10.2. The van der Waals surface area contributed by atoms with Crippen LogP contribution in [0.3, 0.4) is 0 Å². The lowest BCUT2D eigenvalue weighted by Crippen LogP contribution is -2.29. The first-order valence-corrected chi connectivity index (χ1v) is 5.66. The van der Waals surface area contributed by atoms with E-state index in [1.165, 1.54) is 12.1 Å². The monoisotopic (exact) mass is 313 g/mol. The van der Waals surface area contributed by atoms with Crippen LogP contribution in [0.4, 0.5) is 4.39 Å². The number of carbonyl (C=O) groups is 2. The molecule has 18 heavy (non-hydrogen) atoms. The van der Waals surface area contributed by atoms with Gasteiger partial charge in [0.05, 0.1) is 12.1 Å². The Morgan fingerprint density at radius 2 is 2.22 bits per heavy atom. The van der Waals surface area contributed by atoms with E-state index in [2.05, 4.69) is 31.9 Å². The summed E-state index contributed by atoms with van der Waals surface area (Å²) in [6.45, 7) is -0.464. The molecule has 4 nitrogen and oxygen atoms in total. The molecular formula is C12H9BrFNO3. The molecule has 0 radical (unpaired) electrons. The van der Waals surface area contributed by atoms with Crippen LogP contribution in [0.25, 0.3) is 0 Å². The Morgan fingerprint density at radius 1 is 1.50 bits per heavy atom. The van der Waals surface area contributed by atoms with Crippen LogP contribution in [0.5, 0.6) is 0 Å². The number of esters is 1. The molecule has 0 atom stereocenters. The van der Waals surface area contributed by atoms with Crippen molar-refractivity contribution >= 4 is 27.8 Å². The van der Waals surface area contributed by atoms with Gasteiger partial charge in [-0.1, -0.05) is 21.9 Å². The highest BCUT2D eigenvalue weighted by Gasteiger charge is 2.14. The summed E-state index contributed by atoms with van der Waals surface area (Å²) in [5, 5.41) is 2.31. The first-order chi connectivity index (χ1) is 8.54. The largest absolute Gasteiger partial charge is 0.452 e. The van der Waals surface area contributed by atoms with Gasteiger partial charge in [-0.3, -0.25) is 4.79 Å². The Bertz CT molecular complexity index is 511. The summed E-state index contributed by atoms with van der Waals surface area (Å²) < 4.78 is 18.5. The number of benzene rings is 1. The maximum Gasteiger partial charge on any atom is 0.341 e. The molecule has 94 valence electrons. The normalized spacial score (nSPS) is 9.39. The predicted octanol–water partition coefficient (Wildman–Crippen LogP) is 1.49. The molecule has 0 spiro atoms. The average Bonchev–Trinajstić information content (AvgIpc) is 2.36.